The lowest BCUT2D eigenvalue weighted by Crippen LogP contribution is -2.60. The summed E-state index contributed by atoms with van der Waals surface area (Å²) in [6.07, 6.45) is -14.7. The normalized spacial score (nSPS) is 30.5. The van der Waals surface area contributed by atoms with Crippen molar-refractivity contribution in [3.63, 3.8) is 0 Å². The van der Waals surface area contributed by atoms with E-state index in [0.29, 0.717) is 5.56 Å². The maximum atomic E-state index is 12.4. The highest BCUT2D eigenvalue weighted by atomic mass is 16.7. The molecule has 3 aromatic carbocycles. The van der Waals surface area contributed by atoms with E-state index in [1.807, 2.05) is 0 Å². The minimum atomic E-state index is -1.89. The molecule has 3 aliphatic rings. The first kappa shape index (κ1) is 39.3. The molecule has 1 unspecified atom stereocenters. The Morgan fingerprint density at radius 3 is 2.05 bits per heavy atom. The quantitative estimate of drug-likeness (QED) is 0.0499. The van der Waals surface area contributed by atoms with E-state index in [-0.39, 0.29) is 39.9 Å². The maximum absolute atomic E-state index is 12.4. The van der Waals surface area contributed by atoms with Crippen molar-refractivity contribution in [2.24, 2.45) is 0 Å². The average molecular weight is 776 g/mol. The van der Waals surface area contributed by atoms with E-state index < -0.39 is 104 Å². The fraction of sp³-hybridized carbons (Fsp3) is 0.361. The number of aliphatic hydroxyl groups excluding tert-OH is 7. The number of phenolic OH excluding ortho intramolecular Hbond substituents is 5. The summed E-state index contributed by atoms with van der Waals surface area (Å²) in [6.45, 7) is -1.38. The Balaban J connectivity index is 1.21. The molecule has 0 bridgehead atoms. The summed E-state index contributed by atoms with van der Waals surface area (Å²) >= 11 is 0. The van der Waals surface area contributed by atoms with Gasteiger partial charge in [-0.1, -0.05) is 6.07 Å². The monoisotopic (exact) mass is 775 g/mol. The van der Waals surface area contributed by atoms with Crippen molar-refractivity contribution >= 4 is 18.1 Å². The molecular weight excluding hydrogens is 736 g/mol. The van der Waals surface area contributed by atoms with Gasteiger partial charge in [0.2, 0.25) is 12.6 Å². The van der Waals surface area contributed by atoms with Crippen LogP contribution >= 0.6 is 0 Å². The Kier molecular flexibility index (Phi) is 11.6. The van der Waals surface area contributed by atoms with Crippen LogP contribution in [0.2, 0.25) is 0 Å². The van der Waals surface area contributed by atoms with Crippen LogP contribution in [-0.4, -0.2) is 147 Å². The van der Waals surface area contributed by atoms with Crippen LogP contribution in [0, 0.1) is 0 Å². The molecule has 0 spiro atoms. The lowest BCUT2D eigenvalue weighted by Gasteiger charge is -2.40. The van der Waals surface area contributed by atoms with Gasteiger partial charge in [0.25, 0.3) is 11.9 Å². The number of aliphatic hydroxyl groups is 8. The summed E-state index contributed by atoms with van der Waals surface area (Å²) < 4.78 is 32.5. The van der Waals surface area contributed by atoms with Crippen LogP contribution in [0.5, 0.6) is 40.2 Å². The van der Waals surface area contributed by atoms with E-state index >= 15 is 0 Å². The SMILES string of the molecule is O=C(/C=C/c1ccc(O)c(O)c1)OC[C@@H]1O[C@@H](Oc2cc(C3[OH+]c4cc(O)cc(O)c4C=C3O[C@@H]3O[C@H](CO)[C@@H](O)[C@@H](O)[C@H]3O)ccc2O)[C@@H](O)[C@@H](O)[C@@H]1O. The predicted octanol–water partition coefficient (Wildman–Crippen LogP) is -1.19. The molecule has 3 aliphatic heterocycles. The van der Waals surface area contributed by atoms with Crippen LogP contribution in [0.1, 0.15) is 22.8 Å². The molecule has 19 nitrogen and oxygen atoms in total. The Hall–Kier alpha value is -5.35. The van der Waals surface area contributed by atoms with E-state index in [9.17, 15) is 66.1 Å². The minimum absolute atomic E-state index is 0.0794. The van der Waals surface area contributed by atoms with Crippen molar-refractivity contribution in [1.29, 1.82) is 0 Å². The second-order valence-electron chi connectivity index (χ2n) is 12.9. The molecule has 0 saturated carbocycles. The fourth-order valence-electron chi connectivity index (χ4n) is 6.02. The highest BCUT2D eigenvalue weighted by Crippen LogP contribution is 2.46. The summed E-state index contributed by atoms with van der Waals surface area (Å²) in [5, 5.41) is 123. The number of aromatic hydroxyl groups is 6. The Bertz CT molecular complexity index is 1930. The molecule has 19 heteroatoms. The van der Waals surface area contributed by atoms with Gasteiger partial charge in [-0.25, -0.2) is 4.79 Å². The standard InChI is InChI=1S/C36H38O19/c37-12-25-28(44)30(46)32(48)36(54-25)53-24-11-17-20(41)9-16(38)10-22(17)51-34(24)15-3-5-19(40)23(8-15)52-35-33(49)31(47)29(45)26(55-35)13-50-27(43)6-2-14-1-4-18(39)21(42)7-14/h1-11,25-26,28-42,44-49H,12-13H2/p+1/b6-2+/t25-,26+,28-,29-,30-,31+,32-,33+,34?,35-,36-/m1/s1. The molecule has 55 heavy (non-hydrogen) atoms. The van der Waals surface area contributed by atoms with Crippen molar-refractivity contribution in [1.82, 2.24) is 0 Å². The third-order valence-corrected chi connectivity index (χ3v) is 9.06. The average Bonchev–Trinajstić information content (AvgIpc) is 3.15. The van der Waals surface area contributed by atoms with Crippen molar-refractivity contribution < 1.29 is 94.5 Å². The molecule has 13 N–H and O–H groups in total. The second-order valence-corrected chi connectivity index (χ2v) is 12.9. The number of phenols is 5. The zero-order chi connectivity index (χ0) is 39.7. The number of hydrogen-bond donors (Lipinski definition) is 12. The maximum Gasteiger partial charge on any atom is 0.330 e. The van der Waals surface area contributed by atoms with Crippen molar-refractivity contribution in [3.05, 3.63) is 77.1 Å². The number of rotatable bonds is 10. The Morgan fingerprint density at radius 2 is 1.36 bits per heavy atom. The number of ether oxygens (including phenoxy) is 6. The van der Waals surface area contributed by atoms with Crippen LogP contribution < -0.4 is 4.74 Å². The number of benzene rings is 3. The first-order chi connectivity index (χ1) is 26.1. The zero-order valence-electron chi connectivity index (χ0n) is 28.4. The summed E-state index contributed by atoms with van der Waals surface area (Å²) in [5.41, 5.74) is 0.610. The lowest BCUT2D eigenvalue weighted by molar-refractivity contribution is -0.295. The Labute approximate surface area is 310 Å². The molecule has 0 aliphatic carbocycles. The molecule has 296 valence electrons. The third-order valence-electron chi connectivity index (χ3n) is 9.06. The third kappa shape index (κ3) is 8.34. The van der Waals surface area contributed by atoms with E-state index in [2.05, 4.69) is 4.74 Å². The molecule has 6 rings (SSSR count). The summed E-state index contributed by atoms with van der Waals surface area (Å²) in [4.78, 5) is 12.4. The van der Waals surface area contributed by atoms with Gasteiger partial charge < -0.3 is 89.7 Å². The van der Waals surface area contributed by atoms with E-state index in [0.717, 1.165) is 12.1 Å². The number of fused-ring (bicyclic) bond motifs is 1. The van der Waals surface area contributed by atoms with E-state index in [4.69, 9.17) is 23.7 Å². The van der Waals surface area contributed by atoms with Crippen molar-refractivity contribution in [2.45, 2.75) is 67.5 Å². The summed E-state index contributed by atoms with van der Waals surface area (Å²) in [7, 11) is 0. The lowest BCUT2D eigenvalue weighted by atomic mass is 9.98. The zero-order valence-corrected chi connectivity index (χ0v) is 28.4. The van der Waals surface area contributed by atoms with Crippen LogP contribution in [-0.2, 0) is 23.7 Å². The topological polar surface area (TPSA) is 319 Å². The number of hydrogen-bond acceptors (Lipinski definition) is 18. The Morgan fingerprint density at radius 1 is 0.709 bits per heavy atom. The van der Waals surface area contributed by atoms with Gasteiger partial charge in [0.15, 0.2) is 28.8 Å². The predicted molar refractivity (Wildman–Crippen MR) is 182 cm³/mol. The van der Waals surface area contributed by atoms with Gasteiger partial charge in [0, 0.05) is 18.2 Å². The molecule has 0 radical (unpaired) electrons. The number of carbonyl (C=O) groups is 1. The number of esters is 1. The van der Waals surface area contributed by atoms with E-state index in [1.54, 1.807) is 0 Å². The second kappa shape index (κ2) is 16.2. The first-order valence-corrected chi connectivity index (χ1v) is 16.7. The fourth-order valence-corrected chi connectivity index (χ4v) is 6.02. The van der Waals surface area contributed by atoms with Gasteiger partial charge in [-0.05, 0) is 42.0 Å². The van der Waals surface area contributed by atoms with Gasteiger partial charge in [-0.15, -0.1) is 0 Å². The van der Waals surface area contributed by atoms with E-state index in [1.165, 1.54) is 54.6 Å². The first-order valence-electron chi connectivity index (χ1n) is 16.7. The molecular formula is C36H39O19+. The van der Waals surface area contributed by atoms with Crippen LogP contribution in [0.4, 0.5) is 0 Å². The molecule has 2 fully saturated rings. The highest BCUT2D eigenvalue weighted by Gasteiger charge is 2.48. The number of carbonyl (C=O) groups excluding carboxylic acids is 1. The summed E-state index contributed by atoms with van der Waals surface area (Å²) in [6, 6.07) is 9.87. The van der Waals surface area contributed by atoms with Gasteiger partial charge in [-0.3, -0.25) is 0 Å². The molecule has 2 saturated heterocycles. The van der Waals surface area contributed by atoms with Crippen LogP contribution in [0.15, 0.2) is 60.4 Å². The molecule has 0 aromatic heterocycles. The van der Waals surface area contributed by atoms with Gasteiger partial charge >= 0.3 is 5.97 Å². The molecule has 3 aromatic rings. The smallest absolute Gasteiger partial charge is 0.330 e. The highest BCUT2D eigenvalue weighted by molar-refractivity contribution is 5.87. The van der Waals surface area contributed by atoms with Crippen molar-refractivity contribution in [3.8, 4) is 40.2 Å². The van der Waals surface area contributed by atoms with Gasteiger partial charge in [0.05, 0.1) is 18.2 Å². The van der Waals surface area contributed by atoms with Crippen LogP contribution in [0.25, 0.3) is 12.2 Å². The molecule has 11 atom stereocenters. The van der Waals surface area contributed by atoms with Crippen molar-refractivity contribution in [2.75, 3.05) is 13.2 Å². The van der Waals surface area contributed by atoms with Gasteiger partial charge in [-0.2, -0.15) is 0 Å². The van der Waals surface area contributed by atoms with Gasteiger partial charge in [0.1, 0.15) is 72.5 Å². The van der Waals surface area contributed by atoms with Crippen LogP contribution in [0.3, 0.4) is 0 Å². The molecule has 0 amide bonds. The largest absolute Gasteiger partial charge is 0.571 e. The minimum Gasteiger partial charge on any atom is -0.571 e. The summed E-state index contributed by atoms with van der Waals surface area (Å²) in [5.74, 6) is -3.33. The molecule has 3 heterocycles.